The van der Waals surface area contributed by atoms with Gasteiger partial charge in [-0.1, -0.05) is 20.8 Å². The molecule has 45 heavy (non-hydrogen) atoms. The number of hydrogen-bond donors (Lipinski definition) is 4. The summed E-state index contributed by atoms with van der Waals surface area (Å²) >= 11 is 0. The Balaban J connectivity index is 7.59. The maximum Gasteiger partial charge on any atom is 0.460 e. The topological polar surface area (TPSA) is 98.7 Å². The van der Waals surface area contributed by atoms with Crippen molar-refractivity contribution in [2.45, 2.75) is 99.9 Å². The highest BCUT2D eigenvalue weighted by Crippen LogP contribution is 2.61. The van der Waals surface area contributed by atoms with E-state index in [0.717, 1.165) is 6.92 Å². The maximum absolute atomic E-state index is 14.8. The highest BCUT2D eigenvalue weighted by molar-refractivity contribution is 5.66. The standard InChI is InChI=1S/C21H24F18N2O4/c1-9(4-5-40-10(42)43)6-12(2,3)13(41-11(44)45,7-14(22,23)16(26,27)18(30,31)20(34,35)36)8-15(24,25)17(28,29)19(32,33)21(37,38)39/h9,40-41H,4-8H2,1-3H3,(H,42,43)(H,44,45). The molecule has 0 bridgehead atoms. The third-order valence-corrected chi connectivity index (χ3v) is 6.88. The van der Waals surface area contributed by atoms with E-state index < -0.39 is 109 Å². The van der Waals surface area contributed by atoms with Crippen LogP contribution in [0.1, 0.15) is 46.5 Å². The van der Waals surface area contributed by atoms with Crippen molar-refractivity contribution in [1.29, 1.82) is 0 Å². The average molecular weight is 710 g/mol. The van der Waals surface area contributed by atoms with Gasteiger partial charge in [0.1, 0.15) is 0 Å². The van der Waals surface area contributed by atoms with E-state index in [4.69, 9.17) is 10.2 Å². The fraction of sp³-hybridized carbons (Fsp3) is 0.905. The number of rotatable bonds is 15. The Labute approximate surface area is 240 Å². The van der Waals surface area contributed by atoms with Crippen molar-refractivity contribution in [2.24, 2.45) is 11.3 Å². The van der Waals surface area contributed by atoms with E-state index in [1.54, 1.807) is 5.32 Å². The van der Waals surface area contributed by atoms with E-state index in [0.29, 0.717) is 5.32 Å². The number of hydrogen-bond acceptors (Lipinski definition) is 2. The molecule has 0 saturated heterocycles. The summed E-state index contributed by atoms with van der Waals surface area (Å²) in [5.41, 5.74) is -7.77. The number of carboxylic acid groups (broad SMARTS) is 2. The first-order valence-electron chi connectivity index (χ1n) is 11.8. The molecule has 0 radical (unpaired) electrons. The third-order valence-electron chi connectivity index (χ3n) is 6.88. The third kappa shape index (κ3) is 8.17. The van der Waals surface area contributed by atoms with Gasteiger partial charge in [0.25, 0.3) is 0 Å². The molecule has 0 rings (SSSR count). The molecule has 0 spiro atoms. The Morgan fingerprint density at radius 1 is 0.600 bits per heavy atom. The van der Waals surface area contributed by atoms with Crippen LogP contribution in [-0.2, 0) is 0 Å². The highest BCUT2D eigenvalue weighted by atomic mass is 19.4. The molecule has 0 aliphatic heterocycles. The smallest absolute Gasteiger partial charge is 0.460 e. The second-order valence-corrected chi connectivity index (χ2v) is 10.8. The van der Waals surface area contributed by atoms with E-state index >= 15 is 0 Å². The molecular formula is C21H24F18N2O4. The molecule has 2 amide bonds. The average Bonchev–Trinajstić information content (AvgIpc) is 2.75. The number of nitrogens with one attached hydrogen (secondary N) is 2. The van der Waals surface area contributed by atoms with Gasteiger partial charge in [-0.2, -0.15) is 79.0 Å². The van der Waals surface area contributed by atoms with Crippen LogP contribution in [0.4, 0.5) is 88.6 Å². The second-order valence-electron chi connectivity index (χ2n) is 10.8. The molecule has 0 heterocycles. The van der Waals surface area contributed by atoms with E-state index in [1.165, 1.54) is 0 Å². The van der Waals surface area contributed by atoms with E-state index in [2.05, 4.69) is 0 Å². The summed E-state index contributed by atoms with van der Waals surface area (Å²) in [4.78, 5) is 22.0. The van der Waals surface area contributed by atoms with E-state index in [-0.39, 0.29) is 13.8 Å². The van der Waals surface area contributed by atoms with Crippen molar-refractivity contribution in [3.63, 3.8) is 0 Å². The number of halogens is 18. The SMILES string of the molecule is CC(CCNC(=O)O)CC(C)(C)C(CC(F)(F)C(F)(F)C(F)(F)C(F)(F)F)(CC(F)(F)C(F)(F)C(F)(F)C(F)(F)F)NC(=O)O. The van der Waals surface area contributed by atoms with Crippen molar-refractivity contribution in [2.75, 3.05) is 6.54 Å². The van der Waals surface area contributed by atoms with E-state index in [9.17, 15) is 88.6 Å². The van der Waals surface area contributed by atoms with Crippen molar-refractivity contribution >= 4 is 12.2 Å². The van der Waals surface area contributed by atoms with Crippen LogP contribution in [0.2, 0.25) is 0 Å². The molecule has 24 heteroatoms. The molecule has 268 valence electrons. The largest absolute Gasteiger partial charge is 0.465 e. The molecular weight excluding hydrogens is 686 g/mol. The van der Waals surface area contributed by atoms with Crippen LogP contribution in [0.5, 0.6) is 0 Å². The first kappa shape index (κ1) is 42.3. The molecule has 0 aromatic heterocycles. The van der Waals surface area contributed by atoms with Crippen molar-refractivity contribution in [3.8, 4) is 0 Å². The minimum Gasteiger partial charge on any atom is -0.465 e. The van der Waals surface area contributed by atoms with Gasteiger partial charge in [0.15, 0.2) is 0 Å². The fourth-order valence-electron chi connectivity index (χ4n) is 4.39. The maximum atomic E-state index is 14.8. The minimum absolute atomic E-state index is 0.260. The van der Waals surface area contributed by atoms with Crippen LogP contribution >= 0.6 is 0 Å². The highest BCUT2D eigenvalue weighted by Gasteiger charge is 2.85. The lowest BCUT2D eigenvalue weighted by atomic mass is 9.61. The monoisotopic (exact) mass is 710 g/mol. The second kappa shape index (κ2) is 12.5. The normalized spacial score (nSPS) is 15.9. The van der Waals surface area contributed by atoms with Crippen LogP contribution in [0.3, 0.4) is 0 Å². The molecule has 0 aliphatic rings. The first-order chi connectivity index (χ1) is 19.4. The fourth-order valence-corrected chi connectivity index (χ4v) is 4.39. The van der Waals surface area contributed by atoms with Gasteiger partial charge in [-0.3, -0.25) is 0 Å². The van der Waals surface area contributed by atoms with Crippen molar-refractivity contribution in [3.05, 3.63) is 0 Å². The summed E-state index contributed by atoms with van der Waals surface area (Å²) in [6.07, 6.45) is -28.9. The van der Waals surface area contributed by atoms with Crippen molar-refractivity contribution in [1.82, 2.24) is 10.6 Å². The quantitative estimate of drug-likeness (QED) is 0.128. The molecule has 0 saturated carbocycles. The summed E-state index contributed by atoms with van der Waals surface area (Å²) in [6.45, 7) is 0.864. The lowest BCUT2D eigenvalue weighted by molar-refractivity contribution is -0.405. The minimum atomic E-state index is -7.76. The van der Waals surface area contributed by atoms with Crippen LogP contribution in [0.15, 0.2) is 0 Å². The Hall–Kier alpha value is -2.72. The van der Waals surface area contributed by atoms with Crippen LogP contribution in [-0.4, -0.2) is 82.4 Å². The molecule has 1 unspecified atom stereocenters. The number of carbonyl (C=O) groups is 2. The Kier molecular flexibility index (Phi) is 11.7. The Morgan fingerprint density at radius 2 is 0.933 bits per heavy atom. The molecule has 0 aromatic carbocycles. The van der Waals surface area contributed by atoms with E-state index in [1.807, 2.05) is 0 Å². The zero-order valence-electron chi connectivity index (χ0n) is 22.6. The van der Waals surface area contributed by atoms with Gasteiger partial charge in [-0.15, -0.1) is 0 Å². The Bertz CT molecular complexity index is 1000. The molecule has 0 aromatic rings. The van der Waals surface area contributed by atoms with Crippen LogP contribution in [0.25, 0.3) is 0 Å². The summed E-state index contributed by atoms with van der Waals surface area (Å²) in [5, 5.41) is 20.0. The zero-order chi connectivity index (χ0) is 36.7. The number of amides is 2. The first-order valence-corrected chi connectivity index (χ1v) is 11.8. The van der Waals surface area contributed by atoms with Gasteiger partial charge in [0.05, 0.1) is 5.54 Å². The number of alkyl halides is 18. The van der Waals surface area contributed by atoms with Gasteiger partial charge in [0.2, 0.25) is 0 Å². The molecule has 0 aliphatic carbocycles. The van der Waals surface area contributed by atoms with Gasteiger partial charge in [-0.05, 0) is 24.2 Å². The van der Waals surface area contributed by atoms with Crippen molar-refractivity contribution < 1.29 is 98.8 Å². The Morgan fingerprint density at radius 3 is 1.20 bits per heavy atom. The predicted octanol–water partition coefficient (Wildman–Crippen LogP) is 8.42. The van der Waals surface area contributed by atoms with Gasteiger partial charge >= 0.3 is 60.1 Å². The lowest BCUT2D eigenvalue weighted by Gasteiger charge is -2.52. The summed E-state index contributed by atoms with van der Waals surface area (Å²) in [6, 6.07) is 0. The molecule has 0 fully saturated rings. The zero-order valence-corrected chi connectivity index (χ0v) is 22.6. The van der Waals surface area contributed by atoms with Gasteiger partial charge < -0.3 is 20.8 Å². The lowest BCUT2D eigenvalue weighted by Crippen LogP contribution is -2.70. The predicted molar refractivity (Wildman–Crippen MR) is 113 cm³/mol. The molecule has 4 N–H and O–H groups in total. The van der Waals surface area contributed by atoms with Gasteiger partial charge in [0, 0.05) is 19.4 Å². The van der Waals surface area contributed by atoms with Crippen LogP contribution < -0.4 is 10.6 Å². The summed E-state index contributed by atoms with van der Waals surface area (Å²) < 4.78 is 246. The molecule has 1 atom stereocenters. The van der Waals surface area contributed by atoms with Gasteiger partial charge in [-0.25, -0.2) is 9.59 Å². The summed E-state index contributed by atoms with van der Waals surface area (Å²) in [5.74, 6) is -46.4. The summed E-state index contributed by atoms with van der Waals surface area (Å²) in [7, 11) is 0. The van der Waals surface area contributed by atoms with Crippen LogP contribution in [0, 0.1) is 11.3 Å². The molecule has 6 nitrogen and oxygen atoms in total.